The molecule has 2 spiro atoms. The maximum atomic E-state index is 11.2. The summed E-state index contributed by atoms with van der Waals surface area (Å²) >= 11 is 0. The van der Waals surface area contributed by atoms with Crippen LogP contribution in [-0.4, -0.2) is 29.9 Å². The first-order chi connectivity index (χ1) is 59.4. The summed E-state index contributed by atoms with van der Waals surface area (Å²) in [6.07, 6.45) is 0. The maximum Gasteiger partial charge on any atom is 0.164 e. The summed E-state index contributed by atoms with van der Waals surface area (Å²) in [5, 5.41) is 23.6. The van der Waals surface area contributed by atoms with Gasteiger partial charge in [-0.15, -0.1) is 0 Å². The predicted octanol–water partition coefficient (Wildman–Crippen LogP) is 26.2. The Kier molecular flexibility index (Phi) is 15.9. The van der Waals surface area contributed by atoms with Crippen molar-refractivity contribution in [3.63, 3.8) is 0 Å². The number of benzene rings is 17. The van der Waals surface area contributed by atoms with Crippen molar-refractivity contribution in [3.8, 4) is 181 Å². The second-order valence-electron chi connectivity index (χ2n) is 30.8. The summed E-state index contributed by atoms with van der Waals surface area (Å²) in [6, 6.07) is 140. The number of ether oxygens (including phenoxy) is 2. The van der Waals surface area contributed by atoms with E-state index in [0.717, 1.165) is 156 Å². The van der Waals surface area contributed by atoms with Gasteiger partial charge in [-0.05, 0) is 131 Å². The smallest absolute Gasteiger partial charge is 0.164 e. The van der Waals surface area contributed by atoms with E-state index in [-0.39, 0.29) is 0 Å². The molecule has 10 nitrogen and oxygen atoms in total. The van der Waals surface area contributed by atoms with E-state index < -0.39 is 10.8 Å². The highest BCUT2D eigenvalue weighted by molar-refractivity contribution is 6.04. The molecule has 2 aromatic heterocycles. The van der Waals surface area contributed by atoms with Gasteiger partial charge in [0.05, 0.1) is 28.0 Å². The summed E-state index contributed by atoms with van der Waals surface area (Å²) in [7, 11) is 0. The van der Waals surface area contributed by atoms with Crippen LogP contribution in [0.3, 0.4) is 0 Å². The largest absolute Gasteiger partial charge is 0.455 e. The van der Waals surface area contributed by atoms with Crippen LogP contribution in [0, 0.1) is 22.7 Å². The van der Waals surface area contributed by atoms with E-state index in [9.17, 15) is 10.5 Å². The van der Waals surface area contributed by atoms with Gasteiger partial charge in [0.1, 0.15) is 29.1 Å². The normalized spacial score (nSPS) is 12.9. The standard InChI is InChI=1S/C110H64N8O2/c111-65-79-57-59-83(89-47-25-55-98-102(89)120-101-82(46-24-54-97(101)110(98)93-50-16-12-43-87(93)88-44-13-17-51-94(88)110)75-36-21-39-78(63-75)108-114-103(67-26-4-1-5-27-67)113-104(115-108)68-28-6-2-7-29-68)84-58-56-73(64-90(79)84)72-34-20-38-77(62-72)107-117-105(69-30-8-3-9-31-69)116-106(118-107)76-37-19-33-71(61-76)70-32-18-35-74(60-70)81-45-23-53-96-100(81)119-99-80(66-112)40-22-52-95(99)109(96)91-48-14-10-41-85(91)86-42-11-15-49-92(86)109/h1-64H. The van der Waals surface area contributed by atoms with Crippen LogP contribution in [0.4, 0.5) is 0 Å². The van der Waals surface area contributed by atoms with Crippen LogP contribution >= 0.6 is 0 Å². The lowest BCUT2D eigenvalue weighted by Crippen LogP contribution is -2.32. The van der Waals surface area contributed by atoms with Crippen molar-refractivity contribution in [3.05, 3.63) is 444 Å². The van der Waals surface area contributed by atoms with Gasteiger partial charge in [0.25, 0.3) is 0 Å². The van der Waals surface area contributed by atoms with E-state index in [2.05, 4.69) is 279 Å². The highest BCUT2D eigenvalue weighted by atomic mass is 16.5. The average molecular weight is 1530 g/mol. The van der Waals surface area contributed by atoms with Crippen molar-refractivity contribution >= 4 is 10.8 Å². The van der Waals surface area contributed by atoms with Crippen LogP contribution in [0.25, 0.3) is 157 Å². The van der Waals surface area contributed by atoms with Gasteiger partial charge < -0.3 is 9.47 Å². The Morgan fingerprint density at radius 2 is 0.467 bits per heavy atom. The number of fused-ring (bicyclic) bond motifs is 19. The van der Waals surface area contributed by atoms with Crippen molar-refractivity contribution in [2.75, 3.05) is 0 Å². The monoisotopic (exact) mass is 1530 g/mol. The van der Waals surface area contributed by atoms with E-state index in [1.54, 1.807) is 0 Å². The van der Waals surface area contributed by atoms with Crippen molar-refractivity contribution < 1.29 is 9.47 Å². The Hall–Kier alpha value is -16.4. The van der Waals surface area contributed by atoms with Gasteiger partial charge in [-0.25, -0.2) is 29.9 Å². The molecule has 0 radical (unpaired) electrons. The molecule has 4 aliphatic rings. The summed E-state index contributed by atoms with van der Waals surface area (Å²) in [6.45, 7) is 0. The molecule has 2 aliphatic heterocycles. The Labute approximate surface area is 692 Å². The maximum absolute atomic E-state index is 11.2. The SMILES string of the molecule is N#Cc1cccc2c1Oc1c(-c3cccc(-c4cccc(-c5nc(-c6ccccc6)nc(-c6cccc(-c7ccc8c(-c9cccc%10c9Oc9c(-c%11cccc(-c%12nc(-c%13ccccc%13)nc(-c%13ccccc%13)n%12)c%11)cccc9C%109c%10ccccc%10-c%10ccccc%109)ccc(C#N)c8c7)c6)n5)c4)c3)cccc1C21c2ccccc2-c2ccccc21. The third-order valence-electron chi connectivity index (χ3n) is 24.4. The third-order valence-corrected chi connectivity index (χ3v) is 24.4. The lowest BCUT2D eigenvalue weighted by atomic mass is 9.65. The van der Waals surface area contributed by atoms with E-state index in [1.807, 2.05) is 121 Å². The lowest BCUT2D eigenvalue weighted by Gasteiger charge is -2.41. The molecule has 120 heavy (non-hydrogen) atoms. The molecule has 17 aromatic carbocycles. The summed E-state index contributed by atoms with van der Waals surface area (Å²) in [5.41, 5.74) is 27.1. The highest BCUT2D eigenvalue weighted by Gasteiger charge is 2.54. The van der Waals surface area contributed by atoms with Gasteiger partial charge in [0.2, 0.25) is 0 Å². The minimum absolute atomic E-state index is 0.479. The number of hydrogen-bond donors (Lipinski definition) is 0. The van der Waals surface area contributed by atoms with E-state index in [4.69, 9.17) is 39.4 Å². The molecule has 0 fully saturated rings. The number of para-hydroxylation sites is 4. The van der Waals surface area contributed by atoms with E-state index >= 15 is 0 Å². The van der Waals surface area contributed by atoms with Gasteiger partial charge in [-0.2, -0.15) is 10.5 Å². The zero-order valence-electron chi connectivity index (χ0n) is 64.3. The van der Waals surface area contributed by atoms with Gasteiger partial charge in [0.15, 0.2) is 34.9 Å². The Morgan fingerprint density at radius 1 is 0.183 bits per heavy atom. The summed E-state index contributed by atoms with van der Waals surface area (Å²) < 4.78 is 14.9. The molecule has 4 heterocycles. The van der Waals surface area contributed by atoms with Gasteiger partial charge in [-0.3, -0.25) is 0 Å². The predicted molar refractivity (Wildman–Crippen MR) is 475 cm³/mol. The van der Waals surface area contributed by atoms with Gasteiger partial charge in [0, 0.05) is 77.7 Å². The topological polar surface area (TPSA) is 143 Å². The fourth-order valence-electron chi connectivity index (χ4n) is 19.2. The number of hydrogen-bond acceptors (Lipinski definition) is 10. The number of nitrogens with zero attached hydrogens (tertiary/aromatic N) is 8. The molecule has 0 bridgehead atoms. The third kappa shape index (κ3) is 10.7. The molecule has 0 N–H and O–H groups in total. The molecular formula is C110H64N8O2. The van der Waals surface area contributed by atoms with Crippen molar-refractivity contribution in [1.82, 2.24) is 29.9 Å². The van der Waals surface area contributed by atoms with Crippen LogP contribution in [-0.2, 0) is 10.8 Å². The molecule has 23 rings (SSSR count). The molecule has 0 saturated heterocycles. The first-order valence-corrected chi connectivity index (χ1v) is 40.1. The fourth-order valence-corrected chi connectivity index (χ4v) is 19.2. The minimum Gasteiger partial charge on any atom is -0.455 e. The molecule has 19 aromatic rings. The lowest BCUT2D eigenvalue weighted by molar-refractivity contribution is 0.436. The summed E-state index contributed by atoms with van der Waals surface area (Å²) in [4.78, 5) is 31.2. The Balaban J connectivity index is 0.613. The van der Waals surface area contributed by atoms with Crippen LogP contribution in [0.1, 0.15) is 55.6 Å². The second kappa shape index (κ2) is 27.7. The van der Waals surface area contributed by atoms with Crippen LogP contribution in [0.2, 0.25) is 0 Å². The molecule has 2 aliphatic carbocycles. The highest BCUT2D eigenvalue weighted by Crippen LogP contribution is 2.67. The second-order valence-corrected chi connectivity index (χ2v) is 30.8. The van der Waals surface area contributed by atoms with Gasteiger partial charge >= 0.3 is 0 Å². The van der Waals surface area contributed by atoms with E-state index in [1.165, 1.54) is 22.3 Å². The van der Waals surface area contributed by atoms with Crippen molar-refractivity contribution in [2.45, 2.75) is 10.8 Å². The quantitative estimate of drug-likeness (QED) is 0.123. The zero-order valence-corrected chi connectivity index (χ0v) is 64.3. The van der Waals surface area contributed by atoms with E-state index in [0.29, 0.717) is 57.6 Å². The Morgan fingerprint density at radius 3 is 0.883 bits per heavy atom. The zero-order chi connectivity index (χ0) is 79.6. The molecule has 10 heteroatoms. The molecule has 556 valence electrons. The molecule has 0 amide bonds. The Bertz CT molecular complexity index is 7450. The average Bonchev–Trinajstić information content (AvgIpc) is 1.50. The number of aromatic nitrogens is 6. The number of nitriles is 2. The summed E-state index contributed by atoms with van der Waals surface area (Å²) in [5.74, 6) is 6.02. The first kappa shape index (κ1) is 69.1. The molecule has 0 saturated carbocycles. The van der Waals surface area contributed by atoms with Crippen molar-refractivity contribution in [1.29, 1.82) is 10.5 Å². The molecular weight excluding hydrogens is 1470 g/mol. The van der Waals surface area contributed by atoms with Crippen molar-refractivity contribution in [2.24, 2.45) is 0 Å². The first-order valence-electron chi connectivity index (χ1n) is 40.1. The number of rotatable bonds is 11. The minimum atomic E-state index is -0.813. The fraction of sp³-hybridized carbons (Fsp3) is 0.0182. The van der Waals surface area contributed by atoms with Crippen LogP contribution in [0.5, 0.6) is 23.0 Å². The molecule has 0 atom stereocenters. The van der Waals surface area contributed by atoms with Crippen LogP contribution in [0.15, 0.2) is 388 Å². The van der Waals surface area contributed by atoms with Gasteiger partial charge in [-0.1, -0.05) is 346 Å². The van der Waals surface area contributed by atoms with Crippen LogP contribution < -0.4 is 9.47 Å². The molecule has 0 unspecified atom stereocenters.